The summed E-state index contributed by atoms with van der Waals surface area (Å²) < 4.78 is 8.92. The van der Waals surface area contributed by atoms with Crippen LogP contribution in [0.15, 0.2) is 6.07 Å². The van der Waals surface area contributed by atoms with Crippen LogP contribution in [0.2, 0.25) is 10.0 Å². The average Bonchev–Trinajstić information content (AvgIpc) is 2.39. The van der Waals surface area contributed by atoms with Crippen LogP contribution in [0.25, 0.3) is 0 Å². The zero-order valence-electron chi connectivity index (χ0n) is 11.5. The lowest BCUT2D eigenvalue weighted by molar-refractivity contribution is -0.145. The summed E-state index contributed by atoms with van der Waals surface area (Å²) >= 11 is 14.1. The van der Waals surface area contributed by atoms with Gasteiger partial charge in [-0.2, -0.15) is 0 Å². The van der Waals surface area contributed by atoms with E-state index in [0.29, 0.717) is 5.56 Å². The average molecular weight is 447 g/mol. The SMILES string of the molecule is CCOC(=O)C(C)(I)c1cc(Cl)c(C(=O)O)c(OC)c1Cl. The maximum atomic E-state index is 12.1. The number of rotatable bonds is 5. The molecule has 1 N–H and O–H groups in total. The van der Waals surface area contributed by atoms with Gasteiger partial charge in [-0.05, 0) is 19.9 Å². The van der Waals surface area contributed by atoms with Crippen molar-refractivity contribution in [3.63, 3.8) is 0 Å². The van der Waals surface area contributed by atoms with Crippen molar-refractivity contribution in [3.8, 4) is 5.75 Å². The van der Waals surface area contributed by atoms with E-state index in [0.717, 1.165) is 0 Å². The van der Waals surface area contributed by atoms with Crippen LogP contribution < -0.4 is 4.74 Å². The molecule has 0 heterocycles. The first kappa shape index (κ1) is 18.3. The molecule has 0 aliphatic rings. The normalized spacial score (nSPS) is 13.4. The van der Waals surface area contributed by atoms with Gasteiger partial charge < -0.3 is 14.6 Å². The summed E-state index contributed by atoms with van der Waals surface area (Å²) in [6.07, 6.45) is 0. The number of esters is 1. The first-order valence-corrected chi connectivity index (χ1v) is 7.67. The number of alkyl halides is 1. The lowest BCUT2D eigenvalue weighted by atomic mass is 9.98. The zero-order chi connectivity index (χ0) is 16.4. The number of ether oxygens (including phenoxy) is 2. The van der Waals surface area contributed by atoms with Crippen LogP contribution in [-0.4, -0.2) is 30.8 Å². The van der Waals surface area contributed by atoms with Crippen LogP contribution in [0.3, 0.4) is 0 Å². The highest BCUT2D eigenvalue weighted by Crippen LogP contribution is 2.45. The Morgan fingerprint density at radius 3 is 2.43 bits per heavy atom. The fourth-order valence-electron chi connectivity index (χ4n) is 1.71. The van der Waals surface area contributed by atoms with Crippen molar-refractivity contribution in [3.05, 3.63) is 27.2 Å². The number of carboxylic acid groups (broad SMARTS) is 1. The van der Waals surface area contributed by atoms with Crippen LogP contribution >= 0.6 is 45.8 Å². The fourth-order valence-corrected chi connectivity index (χ4v) is 3.14. The highest BCUT2D eigenvalue weighted by atomic mass is 127. The van der Waals surface area contributed by atoms with Gasteiger partial charge in [0.05, 0.1) is 23.8 Å². The van der Waals surface area contributed by atoms with Crippen LogP contribution in [0.1, 0.15) is 29.8 Å². The van der Waals surface area contributed by atoms with Gasteiger partial charge >= 0.3 is 11.9 Å². The van der Waals surface area contributed by atoms with Crippen molar-refractivity contribution >= 4 is 57.7 Å². The Bertz CT molecular complexity index is 586. The highest BCUT2D eigenvalue weighted by Gasteiger charge is 2.38. The number of halogens is 3. The van der Waals surface area contributed by atoms with E-state index in [4.69, 9.17) is 32.7 Å². The topological polar surface area (TPSA) is 72.8 Å². The molecule has 5 nitrogen and oxygen atoms in total. The molecule has 1 rings (SSSR count). The molecule has 0 aromatic heterocycles. The predicted molar refractivity (Wildman–Crippen MR) is 88.0 cm³/mol. The minimum Gasteiger partial charge on any atom is -0.494 e. The van der Waals surface area contributed by atoms with Gasteiger partial charge in [0.1, 0.15) is 8.99 Å². The molecular weight excluding hydrogens is 434 g/mol. The predicted octanol–water partition coefficient (Wildman–Crippen LogP) is 3.91. The Morgan fingerprint density at radius 2 is 2.00 bits per heavy atom. The lowest BCUT2D eigenvalue weighted by Crippen LogP contribution is -2.28. The second-order valence-corrected chi connectivity index (χ2v) is 7.10. The van der Waals surface area contributed by atoms with Gasteiger partial charge in [0.25, 0.3) is 0 Å². The molecule has 0 spiro atoms. The maximum Gasteiger partial charge on any atom is 0.341 e. The number of aromatic carboxylic acids is 1. The minimum absolute atomic E-state index is 0.0178. The number of carbonyl (C=O) groups excluding carboxylic acids is 1. The number of hydrogen-bond donors (Lipinski definition) is 1. The standard InChI is InChI=1S/C13H13Cl2IO5/c1-4-21-12(19)13(2,16)6-5-7(14)8(11(17)18)10(20-3)9(6)15/h5H,4H2,1-3H3,(H,17,18). The zero-order valence-corrected chi connectivity index (χ0v) is 15.2. The maximum absolute atomic E-state index is 12.1. The summed E-state index contributed by atoms with van der Waals surface area (Å²) in [5.74, 6) is -1.86. The summed E-state index contributed by atoms with van der Waals surface area (Å²) in [7, 11) is 1.28. The van der Waals surface area contributed by atoms with E-state index in [1.807, 2.05) is 22.6 Å². The number of hydrogen-bond acceptors (Lipinski definition) is 4. The Kier molecular flexibility index (Phi) is 6.12. The van der Waals surface area contributed by atoms with Gasteiger partial charge in [-0.1, -0.05) is 45.8 Å². The smallest absolute Gasteiger partial charge is 0.341 e. The molecule has 1 aromatic carbocycles. The molecule has 0 amide bonds. The monoisotopic (exact) mass is 446 g/mol. The van der Waals surface area contributed by atoms with Crippen molar-refractivity contribution in [1.82, 2.24) is 0 Å². The van der Waals surface area contributed by atoms with Gasteiger partial charge in [0, 0.05) is 5.56 Å². The van der Waals surface area contributed by atoms with E-state index in [2.05, 4.69) is 0 Å². The summed E-state index contributed by atoms with van der Waals surface area (Å²) in [4.78, 5) is 23.3. The van der Waals surface area contributed by atoms with E-state index >= 15 is 0 Å². The van der Waals surface area contributed by atoms with Crippen molar-refractivity contribution < 1.29 is 24.2 Å². The van der Waals surface area contributed by atoms with Crippen LogP contribution in [-0.2, 0) is 13.0 Å². The van der Waals surface area contributed by atoms with Crippen LogP contribution in [0, 0.1) is 0 Å². The van der Waals surface area contributed by atoms with Crippen molar-refractivity contribution in [2.45, 2.75) is 17.3 Å². The first-order valence-electron chi connectivity index (χ1n) is 5.84. The molecule has 0 radical (unpaired) electrons. The largest absolute Gasteiger partial charge is 0.494 e. The molecular formula is C13H13Cl2IO5. The molecule has 1 aromatic rings. The van der Waals surface area contributed by atoms with E-state index in [1.54, 1.807) is 13.8 Å². The van der Waals surface area contributed by atoms with E-state index in [9.17, 15) is 14.7 Å². The molecule has 0 aliphatic heterocycles. The summed E-state index contributed by atoms with van der Waals surface area (Å²) in [6.45, 7) is 3.50. The molecule has 1 unspecified atom stereocenters. The second-order valence-electron chi connectivity index (χ2n) is 4.16. The summed E-state index contributed by atoms with van der Waals surface area (Å²) in [6, 6.07) is 1.35. The third-order valence-electron chi connectivity index (χ3n) is 2.76. The third kappa shape index (κ3) is 3.54. The minimum atomic E-state index is -1.27. The van der Waals surface area contributed by atoms with Crippen molar-refractivity contribution in [1.29, 1.82) is 0 Å². The number of carboxylic acids is 1. The number of benzene rings is 1. The summed E-state index contributed by atoms with van der Waals surface area (Å²) in [5, 5.41) is 9.13. The molecule has 8 heteroatoms. The Morgan fingerprint density at radius 1 is 1.43 bits per heavy atom. The van der Waals surface area contributed by atoms with Crippen LogP contribution in [0.5, 0.6) is 5.75 Å². The summed E-state index contributed by atoms with van der Waals surface area (Å²) in [5.41, 5.74) is 0.0824. The van der Waals surface area contributed by atoms with Crippen molar-refractivity contribution in [2.75, 3.05) is 13.7 Å². The fraction of sp³-hybridized carbons (Fsp3) is 0.385. The molecule has 21 heavy (non-hydrogen) atoms. The van der Waals surface area contributed by atoms with Crippen molar-refractivity contribution in [2.24, 2.45) is 0 Å². The van der Waals surface area contributed by atoms with E-state index < -0.39 is 15.4 Å². The molecule has 0 saturated carbocycles. The Hall–Kier alpha value is -0.730. The second kappa shape index (κ2) is 7.02. The van der Waals surface area contributed by atoms with E-state index in [1.165, 1.54) is 13.2 Å². The van der Waals surface area contributed by atoms with Gasteiger partial charge in [0.2, 0.25) is 0 Å². The molecule has 0 saturated heterocycles. The molecule has 1 atom stereocenters. The molecule has 0 aliphatic carbocycles. The molecule has 0 bridgehead atoms. The highest BCUT2D eigenvalue weighted by molar-refractivity contribution is 14.1. The van der Waals surface area contributed by atoms with Gasteiger partial charge in [0.15, 0.2) is 5.75 Å². The number of methoxy groups -OCH3 is 1. The van der Waals surface area contributed by atoms with Crippen LogP contribution in [0.4, 0.5) is 0 Å². The first-order chi connectivity index (χ1) is 9.68. The Labute approximate surface area is 145 Å². The molecule has 116 valence electrons. The lowest BCUT2D eigenvalue weighted by Gasteiger charge is -2.24. The Balaban J connectivity index is 3.56. The third-order valence-corrected chi connectivity index (χ3v) is 4.45. The quantitative estimate of drug-likeness (QED) is 0.421. The molecule has 0 fully saturated rings. The van der Waals surface area contributed by atoms with E-state index in [-0.39, 0.29) is 28.0 Å². The van der Waals surface area contributed by atoms with Gasteiger partial charge in [-0.3, -0.25) is 4.79 Å². The van der Waals surface area contributed by atoms with Gasteiger partial charge in [-0.25, -0.2) is 4.79 Å². The van der Waals surface area contributed by atoms with Gasteiger partial charge in [-0.15, -0.1) is 0 Å². The number of carbonyl (C=O) groups is 2.